The van der Waals surface area contributed by atoms with Crippen LogP contribution in [0, 0.1) is 0 Å². The molecule has 0 bridgehead atoms. The summed E-state index contributed by atoms with van der Waals surface area (Å²) in [5.74, 6) is -0.707. The van der Waals surface area contributed by atoms with E-state index < -0.39 is 11.9 Å². The van der Waals surface area contributed by atoms with Gasteiger partial charge in [0.1, 0.15) is 6.61 Å². The zero-order valence-electron chi connectivity index (χ0n) is 15.3. The highest BCUT2D eigenvalue weighted by Crippen LogP contribution is 2.22. The second-order valence-corrected chi connectivity index (χ2v) is 5.27. The van der Waals surface area contributed by atoms with Crippen molar-refractivity contribution >= 4 is 17.8 Å². The van der Waals surface area contributed by atoms with Crippen molar-refractivity contribution in [2.24, 2.45) is 0 Å². The Morgan fingerprint density at radius 3 is 2.30 bits per heavy atom. The number of pyridine rings is 1. The van der Waals surface area contributed by atoms with Gasteiger partial charge in [0.05, 0.1) is 13.2 Å². The van der Waals surface area contributed by atoms with Gasteiger partial charge < -0.3 is 19.5 Å². The van der Waals surface area contributed by atoms with Crippen LogP contribution in [0.1, 0.15) is 19.4 Å². The van der Waals surface area contributed by atoms with E-state index in [4.69, 9.17) is 14.2 Å². The molecule has 2 aromatic rings. The summed E-state index contributed by atoms with van der Waals surface area (Å²) in [5, 5.41) is 2.83. The van der Waals surface area contributed by atoms with Gasteiger partial charge in [-0.05, 0) is 31.5 Å². The van der Waals surface area contributed by atoms with E-state index in [1.54, 1.807) is 32.2 Å². The summed E-state index contributed by atoms with van der Waals surface area (Å²) in [6, 6.07) is 13.1. The standard InChI is InChI=1S/C20H22N2O5/c1-3-25-19(23)16(20(24)26-4-2)13-22-18-17(11-8-12-21-18)27-14-15-9-6-5-7-10-15/h5-13H,3-4,14H2,1-2H3,(H,21,22). The molecule has 0 atom stereocenters. The molecule has 0 aliphatic carbocycles. The number of carbonyl (C=O) groups excluding carboxylic acids is 2. The van der Waals surface area contributed by atoms with Gasteiger partial charge in [-0.2, -0.15) is 0 Å². The lowest BCUT2D eigenvalue weighted by molar-refractivity contribution is -0.146. The monoisotopic (exact) mass is 370 g/mol. The smallest absolute Gasteiger partial charge is 0.347 e. The molecule has 1 heterocycles. The third-order valence-electron chi connectivity index (χ3n) is 3.35. The van der Waals surface area contributed by atoms with Crippen LogP contribution in [-0.2, 0) is 25.7 Å². The Kier molecular flexibility index (Phi) is 7.84. The molecular formula is C20H22N2O5. The average molecular weight is 370 g/mol. The van der Waals surface area contributed by atoms with Crippen molar-refractivity contribution in [1.29, 1.82) is 0 Å². The molecule has 0 radical (unpaired) electrons. The molecule has 0 fully saturated rings. The molecule has 0 amide bonds. The fraction of sp³-hybridized carbons (Fsp3) is 0.250. The molecule has 0 unspecified atom stereocenters. The van der Waals surface area contributed by atoms with E-state index >= 15 is 0 Å². The van der Waals surface area contributed by atoms with E-state index in [0.29, 0.717) is 18.2 Å². The number of hydrogen-bond acceptors (Lipinski definition) is 7. The summed E-state index contributed by atoms with van der Waals surface area (Å²) in [5.41, 5.74) is 0.750. The number of hydrogen-bond donors (Lipinski definition) is 1. The first-order chi connectivity index (χ1) is 13.2. The van der Waals surface area contributed by atoms with Gasteiger partial charge in [-0.1, -0.05) is 30.3 Å². The average Bonchev–Trinajstić information content (AvgIpc) is 2.68. The summed E-state index contributed by atoms with van der Waals surface area (Å²) in [4.78, 5) is 28.2. The molecule has 142 valence electrons. The maximum absolute atomic E-state index is 12.0. The van der Waals surface area contributed by atoms with E-state index in [-0.39, 0.29) is 18.8 Å². The number of benzene rings is 1. The molecule has 0 aliphatic heterocycles. The number of nitrogens with zero attached hydrogens (tertiary/aromatic N) is 1. The number of nitrogens with one attached hydrogen (secondary N) is 1. The van der Waals surface area contributed by atoms with Crippen LogP contribution in [0.25, 0.3) is 0 Å². The zero-order chi connectivity index (χ0) is 19.5. The van der Waals surface area contributed by atoms with Gasteiger partial charge in [-0.15, -0.1) is 0 Å². The SMILES string of the molecule is CCOC(=O)C(=CNc1ncccc1OCc1ccccc1)C(=O)OCC. The Morgan fingerprint density at radius 2 is 1.67 bits per heavy atom. The van der Waals surface area contributed by atoms with E-state index in [1.165, 1.54) is 6.20 Å². The summed E-state index contributed by atoms with van der Waals surface area (Å²) < 4.78 is 15.6. The summed E-state index contributed by atoms with van der Waals surface area (Å²) in [7, 11) is 0. The van der Waals surface area contributed by atoms with E-state index in [2.05, 4.69) is 10.3 Å². The predicted molar refractivity (Wildman–Crippen MR) is 100.0 cm³/mol. The van der Waals surface area contributed by atoms with Gasteiger partial charge in [-0.3, -0.25) is 0 Å². The molecule has 0 saturated carbocycles. The summed E-state index contributed by atoms with van der Waals surface area (Å²) in [6.45, 7) is 3.95. The van der Waals surface area contributed by atoms with Gasteiger partial charge in [0.25, 0.3) is 0 Å². The lowest BCUT2D eigenvalue weighted by atomic mass is 10.2. The molecule has 2 rings (SSSR count). The quantitative estimate of drug-likeness (QED) is 0.314. The van der Waals surface area contributed by atoms with Crippen LogP contribution in [0.4, 0.5) is 5.82 Å². The van der Waals surface area contributed by atoms with Crippen LogP contribution in [0.15, 0.2) is 60.4 Å². The van der Waals surface area contributed by atoms with E-state index in [9.17, 15) is 9.59 Å². The Hall–Kier alpha value is -3.35. The van der Waals surface area contributed by atoms with Crippen LogP contribution in [0.5, 0.6) is 5.75 Å². The Labute approximate surface area is 158 Å². The molecule has 7 nitrogen and oxygen atoms in total. The van der Waals surface area contributed by atoms with Crippen LogP contribution in [0.3, 0.4) is 0 Å². The lowest BCUT2D eigenvalue weighted by Gasteiger charge is -2.11. The van der Waals surface area contributed by atoms with E-state index in [0.717, 1.165) is 5.56 Å². The molecule has 7 heteroatoms. The number of ether oxygens (including phenoxy) is 3. The van der Waals surface area contributed by atoms with Crippen LogP contribution in [0.2, 0.25) is 0 Å². The first-order valence-corrected chi connectivity index (χ1v) is 8.58. The number of anilines is 1. The first kappa shape index (κ1) is 20.0. The maximum Gasteiger partial charge on any atom is 0.347 e. The Balaban J connectivity index is 2.15. The topological polar surface area (TPSA) is 86.8 Å². The number of carbonyl (C=O) groups is 2. The predicted octanol–water partition coefficient (Wildman–Crippen LogP) is 3.08. The van der Waals surface area contributed by atoms with Crippen molar-refractivity contribution < 1.29 is 23.8 Å². The molecule has 1 aromatic carbocycles. The Morgan fingerprint density at radius 1 is 1.00 bits per heavy atom. The minimum absolute atomic E-state index is 0.143. The second kappa shape index (κ2) is 10.6. The van der Waals surface area contributed by atoms with Crippen molar-refractivity contribution in [2.45, 2.75) is 20.5 Å². The van der Waals surface area contributed by atoms with Crippen molar-refractivity contribution in [3.63, 3.8) is 0 Å². The van der Waals surface area contributed by atoms with Crippen LogP contribution < -0.4 is 10.1 Å². The van der Waals surface area contributed by atoms with Crippen LogP contribution in [-0.4, -0.2) is 30.1 Å². The first-order valence-electron chi connectivity index (χ1n) is 8.58. The van der Waals surface area contributed by atoms with Crippen molar-refractivity contribution in [3.05, 3.63) is 66.0 Å². The molecule has 0 saturated heterocycles. The molecule has 1 N–H and O–H groups in total. The summed E-state index contributed by atoms with van der Waals surface area (Å²) in [6.07, 6.45) is 2.79. The maximum atomic E-state index is 12.0. The fourth-order valence-corrected chi connectivity index (χ4v) is 2.11. The van der Waals surface area contributed by atoms with Gasteiger partial charge >= 0.3 is 11.9 Å². The highest BCUT2D eigenvalue weighted by molar-refractivity contribution is 6.14. The molecular weight excluding hydrogens is 348 g/mol. The minimum Gasteiger partial charge on any atom is -0.485 e. The third kappa shape index (κ3) is 6.14. The van der Waals surface area contributed by atoms with Crippen LogP contribution >= 0.6 is 0 Å². The molecule has 0 spiro atoms. The van der Waals surface area contributed by atoms with Gasteiger partial charge in [0.15, 0.2) is 17.1 Å². The van der Waals surface area contributed by atoms with Crippen molar-refractivity contribution in [3.8, 4) is 5.75 Å². The Bertz CT molecular complexity index is 770. The molecule has 0 aliphatic rings. The molecule has 1 aromatic heterocycles. The number of aromatic nitrogens is 1. The summed E-state index contributed by atoms with van der Waals surface area (Å²) >= 11 is 0. The number of rotatable bonds is 9. The van der Waals surface area contributed by atoms with Crippen molar-refractivity contribution in [1.82, 2.24) is 4.98 Å². The highest BCUT2D eigenvalue weighted by atomic mass is 16.6. The highest BCUT2D eigenvalue weighted by Gasteiger charge is 2.21. The minimum atomic E-state index is -0.772. The third-order valence-corrected chi connectivity index (χ3v) is 3.35. The number of esters is 2. The molecule has 27 heavy (non-hydrogen) atoms. The van der Waals surface area contributed by atoms with Gasteiger partial charge in [0.2, 0.25) is 0 Å². The van der Waals surface area contributed by atoms with Gasteiger partial charge in [-0.25, -0.2) is 14.6 Å². The van der Waals surface area contributed by atoms with Crippen molar-refractivity contribution in [2.75, 3.05) is 18.5 Å². The fourth-order valence-electron chi connectivity index (χ4n) is 2.11. The van der Waals surface area contributed by atoms with E-state index in [1.807, 2.05) is 30.3 Å². The second-order valence-electron chi connectivity index (χ2n) is 5.27. The van der Waals surface area contributed by atoms with Gasteiger partial charge in [0, 0.05) is 12.4 Å². The lowest BCUT2D eigenvalue weighted by Crippen LogP contribution is -2.19. The largest absolute Gasteiger partial charge is 0.485 e. The normalized spacial score (nSPS) is 9.85. The zero-order valence-corrected chi connectivity index (χ0v) is 15.3.